The molecule has 0 fully saturated rings. The van der Waals surface area contributed by atoms with Crippen LogP contribution in [0.5, 0.6) is 0 Å². The highest BCUT2D eigenvalue weighted by molar-refractivity contribution is 5.81. The van der Waals surface area contributed by atoms with Gasteiger partial charge in [0.15, 0.2) is 0 Å². The average Bonchev–Trinajstić information content (AvgIpc) is 2.37. The Hall–Kier alpha value is -2.62. The molecule has 0 spiro atoms. The quantitative estimate of drug-likeness (QED) is 0.623. The SMILES string of the molecule is CNC(=O)CN(C)c1ccc(C#N)c([N+](=O)[O-])c1. The third kappa shape index (κ3) is 2.95. The predicted molar refractivity (Wildman–Crippen MR) is 65.1 cm³/mol. The number of carbonyl (C=O) groups excluding carboxylic acids is 1. The molecule has 1 aromatic rings. The molecule has 0 heterocycles. The molecule has 0 aliphatic heterocycles. The van der Waals surface area contributed by atoms with Crippen LogP contribution in [0.25, 0.3) is 0 Å². The van der Waals surface area contributed by atoms with E-state index in [0.717, 1.165) is 0 Å². The summed E-state index contributed by atoms with van der Waals surface area (Å²) in [6.45, 7) is 0.0829. The van der Waals surface area contributed by atoms with E-state index in [2.05, 4.69) is 5.32 Å². The van der Waals surface area contributed by atoms with Crippen LogP contribution in [0.1, 0.15) is 5.56 Å². The highest BCUT2D eigenvalue weighted by atomic mass is 16.6. The molecule has 1 N–H and O–H groups in total. The van der Waals surface area contributed by atoms with Crippen LogP contribution in [0.3, 0.4) is 0 Å². The standard InChI is InChI=1S/C11H12N4O3/c1-13-11(16)7-14(2)9-4-3-8(6-12)10(5-9)15(17)18/h3-5H,7H2,1-2H3,(H,13,16). The van der Waals surface area contributed by atoms with Crippen molar-refractivity contribution in [2.75, 3.05) is 25.5 Å². The molecule has 0 atom stereocenters. The molecule has 0 saturated heterocycles. The topological polar surface area (TPSA) is 99.3 Å². The Morgan fingerprint density at radius 2 is 2.28 bits per heavy atom. The van der Waals surface area contributed by atoms with Crippen LogP contribution in [0.4, 0.5) is 11.4 Å². The molecule has 0 saturated carbocycles. The summed E-state index contributed by atoms with van der Waals surface area (Å²) in [6.07, 6.45) is 0. The zero-order chi connectivity index (χ0) is 13.7. The third-order valence-electron chi connectivity index (χ3n) is 2.40. The molecular formula is C11H12N4O3. The van der Waals surface area contributed by atoms with Gasteiger partial charge in [-0.15, -0.1) is 0 Å². The first-order valence-corrected chi connectivity index (χ1v) is 5.10. The number of nitrogens with zero attached hydrogens (tertiary/aromatic N) is 3. The number of hydrogen-bond acceptors (Lipinski definition) is 5. The lowest BCUT2D eigenvalue weighted by atomic mass is 10.1. The summed E-state index contributed by atoms with van der Waals surface area (Å²) >= 11 is 0. The van der Waals surface area contributed by atoms with Gasteiger partial charge < -0.3 is 10.2 Å². The minimum Gasteiger partial charge on any atom is -0.365 e. The Kier molecular flexibility index (Phi) is 4.21. The lowest BCUT2D eigenvalue weighted by molar-refractivity contribution is -0.385. The molecule has 1 aromatic carbocycles. The number of benzene rings is 1. The maximum atomic E-state index is 11.2. The van der Waals surface area contributed by atoms with Gasteiger partial charge in [-0.1, -0.05) is 0 Å². The summed E-state index contributed by atoms with van der Waals surface area (Å²) in [5.41, 5.74) is 0.236. The second-order valence-corrected chi connectivity index (χ2v) is 3.60. The Morgan fingerprint density at radius 1 is 1.61 bits per heavy atom. The molecule has 0 aliphatic rings. The van der Waals surface area contributed by atoms with E-state index in [1.54, 1.807) is 24.1 Å². The maximum Gasteiger partial charge on any atom is 0.289 e. The summed E-state index contributed by atoms with van der Waals surface area (Å²) in [4.78, 5) is 22.9. The molecule has 1 rings (SSSR count). The van der Waals surface area contributed by atoms with Crippen LogP contribution in [-0.2, 0) is 4.79 Å². The fraction of sp³-hybridized carbons (Fsp3) is 0.273. The third-order valence-corrected chi connectivity index (χ3v) is 2.40. The highest BCUT2D eigenvalue weighted by Gasteiger charge is 2.16. The van der Waals surface area contributed by atoms with Crippen molar-refractivity contribution in [3.63, 3.8) is 0 Å². The Morgan fingerprint density at radius 3 is 2.78 bits per heavy atom. The van der Waals surface area contributed by atoms with E-state index in [4.69, 9.17) is 5.26 Å². The van der Waals surface area contributed by atoms with Crippen LogP contribution in [-0.4, -0.2) is 31.5 Å². The van der Waals surface area contributed by atoms with Gasteiger partial charge in [-0.3, -0.25) is 14.9 Å². The number of likely N-dealkylation sites (N-methyl/N-ethyl adjacent to an activating group) is 2. The summed E-state index contributed by atoms with van der Waals surface area (Å²) in [5, 5.41) is 22.0. The normalized spacial score (nSPS) is 9.39. The van der Waals surface area contributed by atoms with Gasteiger partial charge in [0.05, 0.1) is 11.5 Å². The van der Waals surface area contributed by atoms with Crippen LogP contribution >= 0.6 is 0 Å². The molecule has 18 heavy (non-hydrogen) atoms. The van der Waals surface area contributed by atoms with Gasteiger partial charge in [0, 0.05) is 25.8 Å². The molecule has 7 nitrogen and oxygen atoms in total. The molecule has 0 unspecified atom stereocenters. The molecule has 0 bridgehead atoms. The van der Waals surface area contributed by atoms with Gasteiger partial charge in [-0.2, -0.15) is 5.26 Å². The summed E-state index contributed by atoms with van der Waals surface area (Å²) in [6, 6.07) is 5.97. The number of nitrogens with one attached hydrogen (secondary N) is 1. The molecule has 1 amide bonds. The molecule has 0 radical (unpaired) electrons. The Balaban J connectivity index is 3.05. The number of nitriles is 1. The minimum atomic E-state index is -0.615. The van der Waals surface area contributed by atoms with Gasteiger partial charge in [-0.25, -0.2) is 0 Å². The van der Waals surface area contributed by atoms with E-state index < -0.39 is 4.92 Å². The van der Waals surface area contributed by atoms with Crippen LogP contribution in [0, 0.1) is 21.4 Å². The number of nitro benzene ring substituents is 1. The lowest BCUT2D eigenvalue weighted by Gasteiger charge is -2.17. The number of anilines is 1. The smallest absolute Gasteiger partial charge is 0.289 e. The van der Waals surface area contributed by atoms with Crippen molar-refractivity contribution in [1.29, 1.82) is 5.26 Å². The predicted octanol–water partition coefficient (Wildman–Crippen LogP) is 0.649. The first kappa shape index (κ1) is 13.4. The van der Waals surface area contributed by atoms with Gasteiger partial charge in [0.2, 0.25) is 5.91 Å². The fourth-order valence-corrected chi connectivity index (χ4v) is 1.39. The summed E-state index contributed by atoms with van der Waals surface area (Å²) in [7, 11) is 3.15. The van der Waals surface area contributed by atoms with Crippen molar-refractivity contribution in [3.8, 4) is 6.07 Å². The van der Waals surface area contributed by atoms with E-state index in [1.165, 1.54) is 19.2 Å². The van der Waals surface area contributed by atoms with Crippen molar-refractivity contribution in [1.82, 2.24) is 5.32 Å². The Bertz CT molecular complexity index is 522. The van der Waals surface area contributed by atoms with E-state index >= 15 is 0 Å². The highest BCUT2D eigenvalue weighted by Crippen LogP contribution is 2.24. The van der Waals surface area contributed by atoms with Crippen LogP contribution < -0.4 is 10.2 Å². The molecular weight excluding hydrogens is 236 g/mol. The largest absolute Gasteiger partial charge is 0.365 e. The molecule has 94 valence electrons. The number of rotatable bonds is 4. The van der Waals surface area contributed by atoms with Crippen molar-refractivity contribution in [3.05, 3.63) is 33.9 Å². The van der Waals surface area contributed by atoms with Gasteiger partial charge >= 0.3 is 0 Å². The number of nitro groups is 1. The summed E-state index contributed by atoms with van der Waals surface area (Å²) < 4.78 is 0. The molecule has 0 aliphatic carbocycles. The van der Waals surface area contributed by atoms with E-state index in [1.807, 2.05) is 0 Å². The maximum absolute atomic E-state index is 11.2. The number of hydrogen-bond donors (Lipinski definition) is 1. The Labute approximate surface area is 104 Å². The fourth-order valence-electron chi connectivity index (χ4n) is 1.39. The van der Waals surface area contributed by atoms with Crippen molar-refractivity contribution < 1.29 is 9.72 Å². The van der Waals surface area contributed by atoms with E-state index in [-0.39, 0.29) is 23.7 Å². The van der Waals surface area contributed by atoms with E-state index in [0.29, 0.717) is 5.69 Å². The average molecular weight is 248 g/mol. The van der Waals surface area contributed by atoms with Crippen molar-refractivity contribution in [2.24, 2.45) is 0 Å². The first-order valence-electron chi connectivity index (χ1n) is 5.10. The monoisotopic (exact) mass is 248 g/mol. The number of amides is 1. The molecule has 7 heteroatoms. The van der Waals surface area contributed by atoms with Crippen molar-refractivity contribution >= 4 is 17.3 Å². The van der Waals surface area contributed by atoms with Crippen LogP contribution in [0.15, 0.2) is 18.2 Å². The molecule has 0 aromatic heterocycles. The summed E-state index contributed by atoms with van der Waals surface area (Å²) in [5.74, 6) is -0.204. The lowest BCUT2D eigenvalue weighted by Crippen LogP contribution is -2.32. The van der Waals surface area contributed by atoms with Gasteiger partial charge in [0.25, 0.3) is 5.69 Å². The number of carbonyl (C=O) groups is 1. The van der Waals surface area contributed by atoms with Crippen molar-refractivity contribution in [2.45, 2.75) is 0 Å². The van der Waals surface area contributed by atoms with Gasteiger partial charge in [-0.05, 0) is 12.1 Å². The van der Waals surface area contributed by atoms with Gasteiger partial charge in [0.1, 0.15) is 11.6 Å². The van der Waals surface area contributed by atoms with Crippen LogP contribution in [0.2, 0.25) is 0 Å². The zero-order valence-electron chi connectivity index (χ0n) is 10.0. The minimum absolute atomic E-state index is 0.00269. The second kappa shape index (κ2) is 5.63. The first-order chi connectivity index (χ1) is 8.49. The zero-order valence-corrected chi connectivity index (χ0v) is 10.0. The van der Waals surface area contributed by atoms with E-state index in [9.17, 15) is 14.9 Å². The second-order valence-electron chi connectivity index (χ2n) is 3.60.